The smallest absolute Gasteiger partial charge is 0.324 e. The molecule has 0 aromatic heterocycles. The van der Waals surface area contributed by atoms with Crippen LogP contribution < -0.4 is 0 Å². The van der Waals surface area contributed by atoms with E-state index in [1.165, 1.54) is 0 Å². The monoisotopic (exact) mass is 554 g/mol. The van der Waals surface area contributed by atoms with E-state index in [9.17, 15) is 4.79 Å². The lowest BCUT2D eigenvalue weighted by Gasteiger charge is -2.51. The van der Waals surface area contributed by atoms with Gasteiger partial charge in [0.1, 0.15) is 18.3 Å². The fourth-order valence-electron chi connectivity index (χ4n) is 3.42. The van der Waals surface area contributed by atoms with E-state index in [0.717, 1.165) is 0 Å². The molecule has 12 heteroatoms. The molecule has 1 fully saturated rings. The fourth-order valence-corrected chi connectivity index (χ4v) is 8.24. The van der Waals surface area contributed by atoms with Gasteiger partial charge < -0.3 is 26.9 Å². The summed E-state index contributed by atoms with van der Waals surface area (Å²) in [5.74, 6) is -0.391. The summed E-state index contributed by atoms with van der Waals surface area (Å²) in [6.45, 7) is 31.5. The molecule has 0 aromatic rings. The average molecular weight is 555 g/mol. The van der Waals surface area contributed by atoms with Crippen LogP contribution in [0.15, 0.2) is 0 Å². The van der Waals surface area contributed by atoms with Gasteiger partial charge in [-0.25, -0.2) is 0 Å². The second-order valence-electron chi connectivity index (χ2n) is 13.8. The van der Waals surface area contributed by atoms with Crippen molar-refractivity contribution in [3.8, 4) is 0 Å². The molecule has 0 N–H and O–H groups in total. The second-order valence-corrected chi connectivity index (χ2v) is 36.0. The molecule has 1 saturated heterocycles. The van der Waals surface area contributed by atoms with Crippen LogP contribution in [-0.2, 0) is 31.7 Å². The van der Waals surface area contributed by atoms with Crippen molar-refractivity contribution < 1.29 is 31.7 Å². The highest BCUT2D eigenvalue weighted by atomic mass is 28.4. The topological polar surface area (TPSA) is 72.5 Å². The number of rotatable bonds is 10. The Morgan fingerprint density at radius 3 is 1.24 bits per heavy atom. The van der Waals surface area contributed by atoms with E-state index in [1.54, 1.807) is 0 Å². The molecule has 1 aliphatic heterocycles. The van der Waals surface area contributed by atoms with Gasteiger partial charge in [-0.3, -0.25) is 4.79 Å². The maximum atomic E-state index is 13.4. The van der Waals surface area contributed by atoms with Gasteiger partial charge in [-0.1, -0.05) is 0 Å². The van der Waals surface area contributed by atoms with E-state index < -0.39 is 78.3 Å². The first-order chi connectivity index (χ1) is 14.4. The van der Waals surface area contributed by atoms with E-state index >= 15 is 0 Å². The lowest BCUT2D eigenvalue weighted by molar-refractivity contribution is -0.262. The molecule has 0 amide bonds. The molecule has 1 aliphatic rings. The van der Waals surface area contributed by atoms with Gasteiger partial charge in [0.05, 0.1) is 0 Å². The van der Waals surface area contributed by atoms with Crippen LogP contribution in [0, 0.1) is 0 Å². The minimum atomic E-state index is -2.15. The Balaban J connectivity index is 3.62. The van der Waals surface area contributed by atoms with E-state index in [0.29, 0.717) is 0 Å². The Morgan fingerprint density at radius 1 is 0.515 bits per heavy atom. The third-order valence-corrected chi connectivity index (χ3v) is 8.76. The quantitative estimate of drug-likeness (QED) is 0.325. The van der Waals surface area contributed by atoms with Gasteiger partial charge in [-0.05, 0) is 98.2 Å². The minimum Gasteiger partial charge on any atom is -0.518 e. The summed E-state index contributed by atoms with van der Waals surface area (Å²) in [5.41, 5.74) is 0. The standard InChI is InChI=1S/C21H50O7Si5/c1-29(2,3)24-16-17(25-30(4,5)6)19(26-31(7,8)9)21(28-33(13,14)15)23-18(16)20(22)27-32(10,11)12/h16-19,21H,1-15H3/t16-,17?,18?,19?,21-/m0/s1. The predicted octanol–water partition coefficient (Wildman–Crippen LogP) is 5.60. The van der Waals surface area contributed by atoms with Crippen LogP contribution in [0.3, 0.4) is 0 Å². The van der Waals surface area contributed by atoms with Crippen molar-refractivity contribution >= 4 is 47.6 Å². The number of ether oxygens (including phenoxy) is 1. The Kier molecular flexibility index (Phi) is 10.2. The zero-order valence-electron chi connectivity index (χ0n) is 23.7. The van der Waals surface area contributed by atoms with Crippen molar-refractivity contribution in [2.75, 3.05) is 0 Å². The van der Waals surface area contributed by atoms with Crippen LogP contribution in [0.25, 0.3) is 0 Å². The number of carbonyl (C=O) groups excluding carboxylic acids is 1. The van der Waals surface area contributed by atoms with Gasteiger partial charge in [0.2, 0.25) is 8.32 Å². The first-order valence-corrected chi connectivity index (χ1v) is 29.0. The zero-order valence-corrected chi connectivity index (χ0v) is 28.7. The molecule has 0 aliphatic carbocycles. The third kappa shape index (κ3) is 12.2. The van der Waals surface area contributed by atoms with E-state index in [4.69, 9.17) is 26.9 Å². The highest BCUT2D eigenvalue weighted by Crippen LogP contribution is 2.35. The van der Waals surface area contributed by atoms with Gasteiger partial charge >= 0.3 is 5.97 Å². The number of carbonyl (C=O) groups is 1. The number of hydrogen-bond acceptors (Lipinski definition) is 7. The highest BCUT2D eigenvalue weighted by Gasteiger charge is 2.55. The SMILES string of the molecule is C[Si](C)(C)OC(=O)C1O[C@@H](O[Si](C)(C)C)C(O[Si](C)(C)C)C(O[Si](C)(C)C)[C@@H]1O[Si](C)(C)C. The molecular formula is C21H50O7Si5. The lowest BCUT2D eigenvalue weighted by atomic mass is 9.99. The van der Waals surface area contributed by atoms with Crippen LogP contribution in [-0.4, -0.2) is 78.3 Å². The third-order valence-electron chi connectivity index (χ3n) is 4.07. The molecule has 5 atom stereocenters. The molecule has 0 bridgehead atoms. The van der Waals surface area contributed by atoms with Crippen LogP contribution in [0.5, 0.6) is 0 Å². The van der Waals surface area contributed by atoms with Gasteiger partial charge in [-0.2, -0.15) is 0 Å². The van der Waals surface area contributed by atoms with Gasteiger partial charge in [-0.15, -0.1) is 0 Å². The largest absolute Gasteiger partial charge is 0.518 e. The van der Waals surface area contributed by atoms with Crippen LogP contribution in [0.1, 0.15) is 0 Å². The molecule has 0 saturated carbocycles. The van der Waals surface area contributed by atoms with Crippen LogP contribution >= 0.6 is 0 Å². The molecule has 3 unspecified atom stereocenters. The number of hydrogen-bond donors (Lipinski definition) is 0. The molecule has 0 spiro atoms. The van der Waals surface area contributed by atoms with Gasteiger partial charge in [0.15, 0.2) is 45.7 Å². The van der Waals surface area contributed by atoms with Crippen molar-refractivity contribution in [2.24, 2.45) is 0 Å². The normalized spacial score (nSPS) is 28.0. The molecular weight excluding hydrogens is 505 g/mol. The van der Waals surface area contributed by atoms with Crippen molar-refractivity contribution in [3.05, 3.63) is 0 Å². The summed E-state index contributed by atoms with van der Waals surface area (Å²) < 4.78 is 38.8. The lowest BCUT2D eigenvalue weighted by Crippen LogP contribution is -2.68. The summed E-state index contributed by atoms with van der Waals surface area (Å²) >= 11 is 0. The molecule has 0 radical (unpaired) electrons. The highest BCUT2D eigenvalue weighted by molar-refractivity contribution is 6.72. The molecule has 1 rings (SSSR count). The van der Waals surface area contributed by atoms with Crippen molar-refractivity contribution in [1.29, 1.82) is 0 Å². The molecule has 1 heterocycles. The van der Waals surface area contributed by atoms with Gasteiger partial charge in [0, 0.05) is 0 Å². The van der Waals surface area contributed by atoms with Crippen LogP contribution in [0.4, 0.5) is 0 Å². The maximum Gasteiger partial charge on any atom is 0.324 e. The van der Waals surface area contributed by atoms with Crippen molar-refractivity contribution in [1.82, 2.24) is 0 Å². The summed E-state index contributed by atoms with van der Waals surface area (Å²) in [4.78, 5) is 13.4. The Bertz CT molecular complexity index is 656. The molecule has 33 heavy (non-hydrogen) atoms. The van der Waals surface area contributed by atoms with E-state index in [-0.39, 0.29) is 0 Å². The zero-order chi connectivity index (χ0) is 26.2. The Hall–Kier alpha value is 0.354. The maximum absolute atomic E-state index is 13.4. The summed E-state index contributed by atoms with van der Waals surface area (Å²) in [6.07, 6.45) is -3.22. The Morgan fingerprint density at radius 2 is 0.879 bits per heavy atom. The van der Waals surface area contributed by atoms with E-state index in [1.807, 2.05) is 19.6 Å². The first kappa shape index (κ1) is 31.4. The van der Waals surface area contributed by atoms with Crippen molar-refractivity contribution in [3.63, 3.8) is 0 Å². The predicted molar refractivity (Wildman–Crippen MR) is 147 cm³/mol. The van der Waals surface area contributed by atoms with Crippen molar-refractivity contribution in [2.45, 2.75) is 129 Å². The fraction of sp³-hybridized carbons (Fsp3) is 0.952. The molecule has 7 nitrogen and oxygen atoms in total. The first-order valence-electron chi connectivity index (χ1n) is 12.0. The van der Waals surface area contributed by atoms with Gasteiger partial charge in [0.25, 0.3) is 0 Å². The average Bonchev–Trinajstić information content (AvgIpc) is 2.45. The summed E-state index contributed by atoms with van der Waals surface area (Å²) in [7, 11) is -10.3. The molecule has 0 aromatic carbocycles. The second kappa shape index (κ2) is 10.8. The Labute approximate surface area is 207 Å². The summed E-state index contributed by atoms with van der Waals surface area (Å²) in [5, 5.41) is 0. The minimum absolute atomic E-state index is 0.391. The van der Waals surface area contributed by atoms with Crippen LogP contribution in [0.2, 0.25) is 98.2 Å². The molecule has 196 valence electrons. The summed E-state index contributed by atoms with van der Waals surface area (Å²) in [6, 6.07) is 0. The van der Waals surface area contributed by atoms with E-state index in [2.05, 4.69) is 78.6 Å².